The van der Waals surface area contributed by atoms with Crippen LogP contribution >= 0.6 is 0 Å². The summed E-state index contributed by atoms with van der Waals surface area (Å²) in [6.07, 6.45) is 0. The molecule has 2 atom stereocenters. The topological polar surface area (TPSA) is 150 Å². The van der Waals surface area contributed by atoms with Crippen molar-refractivity contribution in [3.8, 4) is 22.3 Å². The van der Waals surface area contributed by atoms with Gasteiger partial charge in [-0.05, 0) is 69.8 Å². The fraction of sp³-hybridized carbons (Fsp3) is 0.235. The number of halogens is 2. The van der Waals surface area contributed by atoms with Crippen LogP contribution in [-0.2, 0) is 4.79 Å². The molecule has 0 aliphatic carbocycles. The number of benzene rings is 6. The van der Waals surface area contributed by atoms with Crippen LogP contribution in [0.1, 0.15) is 57.5 Å². The maximum atomic E-state index is 15.8. The van der Waals surface area contributed by atoms with E-state index in [2.05, 4.69) is 0 Å². The molecule has 336 valence electrons. The molecule has 6 aromatic rings. The quantitative estimate of drug-likeness (QED) is 0.0865. The molecule has 2 amide bonds. The van der Waals surface area contributed by atoms with Crippen molar-refractivity contribution in [2.24, 2.45) is 0 Å². The average molecular weight is 893 g/mol. The van der Waals surface area contributed by atoms with E-state index in [0.29, 0.717) is 59.8 Å². The van der Waals surface area contributed by atoms with Crippen LogP contribution in [0.4, 0.5) is 31.5 Å². The van der Waals surface area contributed by atoms with E-state index in [0.717, 1.165) is 11.1 Å². The van der Waals surface area contributed by atoms with Crippen LogP contribution in [0.3, 0.4) is 0 Å². The van der Waals surface area contributed by atoms with Gasteiger partial charge in [0.2, 0.25) is 0 Å². The lowest BCUT2D eigenvalue weighted by Crippen LogP contribution is -2.49. The first-order valence-corrected chi connectivity index (χ1v) is 21.7. The number of carbonyl (C=O) groups excluding carboxylic acids is 3. The normalized spacial score (nSPS) is 15.0. The monoisotopic (exact) mass is 892 g/mol. The van der Waals surface area contributed by atoms with E-state index in [1.54, 1.807) is 60.0 Å². The minimum atomic E-state index is -0.714. The molecule has 8 rings (SSSR count). The number of hydrogen-bond donors (Lipinski definition) is 0. The zero-order valence-electron chi connectivity index (χ0n) is 36.3. The lowest BCUT2D eigenvalue weighted by Gasteiger charge is -2.36. The predicted octanol–water partition coefficient (Wildman–Crippen LogP) is 9.52. The van der Waals surface area contributed by atoms with E-state index in [1.165, 1.54) is 36.4 Å². The standard InChI is InChI=1S/C51H46F2N6O7/c1-33(37-13-19-47(45(52)29-37)54-21-25-56(26-22-54)50(61)43-31-39(58(63)64)15-17-41(43)35-9-5-3-6-10-35)49(60)34(2)38-14-20-48(46(53)30-38)55-23-27-57(28-24-55)51(62)44-32-40(59(65)66)16-18-42(44)36-11-7-4-8-12-36/h3-20,29-34H,21-28H2,1-2H3. The van der Waals surface area contributed by atoms with Crippen LogP contribution in [0.2, 0.25) is 0 Å². The molecule has 2 unspecified atom stereocenters. The molecule has 0 spiro atoms. The van der Waals surface area contributed by atoms with Gasteiger partial charge in [0, 0.05) is 88.5 Å². The van der Waals surface area contributed by atoms with Crippen molar-refractivity contribution in [3.63, 3.8) is 0 Å². The molecular formula is C51H46F2N6O7. The second kappa shape index (κ2) is 19.1. The summed E-state index contributed by atoms with van der Waals surface area (Å²) in [7, 11) is 0. The second-order valence-corrected chi connectivity index (χ2v) is 16.5. The summed E-state index contributed by atoms with van der Waals surface area (Å²) >= 11 is 0. The number of ketones is 1. The van der Waals surface area contributed by atoms with E-state index in [1.807, 2.05) is 70.5 Å². The molecule has 0 bridgehead atoms. The average Bonchev–Trinajstić information content (AvgIpc) is 3.35. The number of anilines is 2. The highest BCUT2D eigenvalue weighted by Crippen LogP contribution is 2.34. The molecule has 0 saturated carbocycles. The molecule has 2 fully saturated rings. The summed E-state index contributed by atoms with van der Waals surface area (Å²) in [5.41, 5.74) is 4.30. The van der Waals surface area contributed by atoms with Crippen molar-refractivity contribution in [2.75, 3.05) is 62.2 Å². The fourth-order valence-electron chi connectivity index (χ4n) is 8.83. The van der Waals surface area contributed by atoms with Gasteiger partial charge in [-0.2, -0.15) is 0 Å². The van der Waals surface area contributed by atoms with Gasteiger partial charge in [-0.3, -0.25) is 34.6 Å². The Morgan fingerprint density at radius 2 is 0.864 bits per heavy atom. The van der Waals surface area contributed by atoms with Crippen molar-refractivity contribution in [1.29, 1.82) is 0 Å². The van der Waals surface area contributed by atoms with Gasteiger partial charge < -0.3 is 19.6 Å². The Morgan fingerprint density at radius 3 is 1.20 bits per heavy atom. The van der Waals surface area contributed by atoms with Crippen molar-refractivity contribution < 1.29 is 33.0 Å². The van der Waals surface area contributed by atoms with E-state index >= 15 is 8.78 Å². The highest BCUT2D eigenvalue weighted by Gasteiger charge is 2.31. The number of Topliss-reactive ketones (excluding diaryl/α,β-unsaturated/α-hetero) is 1. The Bertz CT molecular complexity index is 2640. The highest BCUT2D eigenvalue weighted by molar-refractivity contribution is 6.02. The van der Waals surface area contributed by atoms with Crippen molar-refractivity contribution in [2.45, 2.75) is 25.7 Å². The van der Waals surface area contributed by atoms with Crippen molar-refractivity contribution in [3.05, 3.63) is 188 Å². The van der Waals surface area contributed by atoms with Crippen LogP contribution < -0.4 is 9.80 Å². The van der Waals surface area contributed by atoms with Gasteiger partial charge in [-0.25, -0.2) is 8.78 Å². The summed E-state index contributed by atoms with van der Waals surface area (Å²) < 4.78 is 31.7. The number of nitrogens with zero attached hydrogens (tertiary/aromatic N) is 6. The SMILES string of the molecule is CC(C(=O)C(C)c1ccc(N2CCN(C(=O)c3cc([N+](=O)[O-])ccc3-c3ccccc3)CC2)c(F)c1)c1ccc(N2CCN(C(=O)c3cc([N+](=O)[O-])ccc3-c3ccccc3)CC2)c(F)c1. The largest absolute Gasteiger partial charge is 0.366 e. The Hall–Kier alpha value is -7.81. The maximum Gasteiger partial charge on any atom is 0.270 e. The molecule has 2 saturated heterocycles. The molecule has 0 N–H and O–H groups in total. The third kappa shape index (κ3) is 9.23. The lowest BCUT2D eigenvalue weighted by molar-refractivity contribution is -0.385. The molecule has 2 aliphatic heterocycles. The van der Waals surface area contributed by atoms with E-state index in [4.69, 9.17) is 0 Å². The van der Waals surface area contributed by atoms with Gasteiger partial charge in [-0.1, -0.05) is 86.6 Å². The van der Waals surface area contributed by atoms with Crippen molar-refractivity contribution >= 4 is 40.3 Å². The minimum Gasteiger partial charge on any atom is -0.366 e. The zero-order chi connectivity index (χ0) is 46.6. The first kappa shape index (κ1) is 44.8. The molecule has 0 aromatic heterocycles. The number of amides is 2. The van der Waals surface area contributed by atoms with Crippen LogP contribution in [0.15, 0.2) is 133 Å². The first-order valence-electron chi connectivity index (χ1n) is 21.7. The van der Waals surface area contributed by atoms with Gasteiger partial charge >= 0.3 is 0 Å². The molecule has 2 aliphatic rings. The Kier molecular flexibility index (Phi) is 13.0. The van der Waals surface area contributed by atoms with Crippen LogP contribution in [0.5, 0.6) is 0 Å². The molecular weight excluding hydrogens is 847 g/mol. The summed E-state index contributed by atoms with van der Waals surface area (Å²) in [5.74, 6) is -3.40. The number of nitro benzene ring substituents is 2. The number of piperazine rings is 2. The van der Waals surface area contributed by atoms with E-state index < -0.39 is 33.3 Å². The molecule has 0 radical (unpaired) electrons. The number of nitro groups is 2. The summed E-state index contributed by atoms with van der Waals surface area (Å²) in [4.78, 5) is 70.4. The van der Waals surface area contributed by atoms with Gasteiger partial charge in [0.1, 0.15) is 17.4 Å². The van der Waals surface area contributed by atoms with Gasteiger partial charge in [0.25, 0.3) is 23.2 Å². The molecule has 66 heavy (non-hydrogen) atoms. The Morgan fingerprint density at radius 1 is 0.500 bits per heavy atom. The Balaban J connectivity index is 0.880. The van der Waals surface area contributed by atoms with Crippen molar-refractivity contribution in [1.82, 2.24) is 9.80 Å². The number of carbonyl (C=O) groups is 3. The van der Waals surface area contributed by atoms with Gasteiger partial charge in [-0.15, -0.1) is 0 Å². The van der Waals surface area contributed by atoms with Crippen LogP contribution in [0.25, 0.3) is 22.3 Å². The summed E-state index contributed by atoms with van der Waals surface area (Å²) in [5, 5.41) is 23.2. The van der Waals surface area contributed by atoms with Gasteiger partial charge in [0.05, 0.1) is 32.3 Å². The third-order valence-corrected chi connectivity index (χ3v) is 12.7. The third-order valence-electron chi connectivity index (χ3n) is 12.7. The number of rotatable bonds is 12. The fourth-order valence-corrected chi connectivity index (χ4v) is 8.83. The minimum absolute atomic E-state index is 0.189. The van der Waals surface area contributed by atoms with E-state index in [9.17, 15) is 34.6 Å². The summed E-state index contributed by atoms with van der Waals surface area (Å²) in [6.45, 7) is 5.67. The molecule has 15 heteroatoms. The Labute approximate surface area is 379 Å². The molecule has 6 aromatic carbocycles. The first-order chi connectivity index (χ1) is 31.8. The lowest BCUT2D eigenvalue weighted by atomic mass is 9.85. The van der Waals surface area contributed by atoms with Crippen LogP contribution in [0, 0.1) is 31.9 Å². The zero-order valence-corrected chi connectivity index (χ0v) is 36.3. The number of hydrogen-bond acceptors (Lipinski definition) is 9. The van der Waals surface area contributed by atoms with Crippen LogP contribution in [-0.4, -0.2) is 89.6 Å². The highest BCUT2D eigenvalue weighted by atomic mass is 19.1. The molecule has 13 nitrogen and oxygen atoms in total. The second-order valence-electron chi connectivity index (χ2n) is 16.5. The number of non-ortho nitro benzene ring substituents is 2. The maximum absolute atomic E-state index is 15.8. The van der Waals surface area contributed by atoms with E-state index in [-0.39, 0.29) is 66.3 Å². The molecule has 2 heterocycles. The summed E-state index contributed by atoms with van der Waals surface area (Å²) in [6, 6.07) is 36.2. The smallest absolute Gasteiger partial charge is 0.270 e. The van der Waals surface area contributed by atoms with Gasteiger partial charge in [0.15, 0.2) is 0 Å². The predicted molar refractivity (Wildman–Crippen MR) is 248 cm³/mol.